The Bertz CT molecular complexity index is 665. The number of hydrogen-bond acceptors (Lipinski definition) is 3. The molecule has 0 saturated heterocycles. The SMILES string of the molecule is COC(=O)CCN(CCc1ccccc1)C(=O)c1ccc(C)cc1. The molecule has 1 amide bonds. The molecular formula is C20H23NO3. The number of carbonyl (C=O) groups excluding carboxylic acids is 2. The van der Waals surface area contributed by atoms with Crippen LogP contribution in [0.15, 0.2) is 54.6 Å². The largest absolute Gasteiger partial charge is 0.469 e. The molecule has 0 unspecified atom stereocenters. The van der Waals surface area contributed by atoms with Crippen molar-refractivity contribution in [3.8, 4) is 0 Å². The Labute approximate surface area is 143 Å². The van der Waals surface area contributed by atoms with Gasteiger partial charge in [0, 0.05) is 18.7 Å². The number of methoxy groups -OCH3 is 1. The Balaban J connectivity index is 2.07. The van der Waals surface area contributed by atoms with Gasteiger partial charge >= 0.3 is 5.97 Å². The van der Waals surface area contributed by atoms with Crippen molar-refractivity contribution in [1.29, 1.82) is 0 Å². The maximum absolute atomic E-state index is 12.8. The van der Waals surface area contributed by atoms with Crippen LogP contribution < -0.4 is 0 Å². The van der Waals surface area contributed by atoms with Crippen LogP contribution in [-0.4, -0.2) is 37.0 Å². The van der Waals surface area contributed by atoms with Crippen molar-refractivity contribution in [2.45, 2.75) is 19.8 Å². The van der Waals surface area contributed by atoms with Crippen LogP contribution in [0.5, 0.6) is 0 Å². The Morgan fingerprint density at radius 2 is 1.62 bits per heavy atom. The number of hydrogen-bond donors (Lipinski definition) is 0. The highest BCUT2D eigenvalue weighted by molar-refractivity contribution is 5.94. The second-order valence-electron chi connectivity index (χ2n) is 5.72. The zero-order valence-corrected chi connectivity index (χ0v) is 14.2. The zero-order valence-electron chi connectivity index (χ0n) is 14.2. The number of esters is 1. The maximum atomic E-state index is 12.8. The van der Waals surface area contributed by atoms with Crippen LogP contribution in [-0.2, 0) is 16.0 Å². The van der Waals surface area contributed by atoms with Gasteiger partial charge < -0.3 is 9.64 Å². The lowest BCUT2D eigenvalue weighted by molar-refractivity contribution is -0.140. The standard InChI is InChI=1S/C20H23NO3/c1-16-8-10-18(11-9-16)20(23)21(15-13-19(22)24-2)14-12-17-6-4-3-5-7-17/h3-11H,12-15H2,1-2H3. The fourth-order valence-corrected chi connectivity index (χ4v) is 2.43. The first-order valence-electron chi connectivity index (χ1n) is 8.07. The molecule has 0 saturated carbocycles. The van der Waals surface area contributed by atoms with E-state index in [0.717, 1.165) is 17.5 Å². The maximum Gasteiger partial charge on any atom is 0.307 e. The Morgan fingerprint density at radius 3 is 2.25 bits per heavy atom. The summed E-state index contributed by atoms with van der Waals surface area (Å²) < 4.78 is 4.69. The normalized spacial score (nSPS) is 10.2. The minimum Gasteiger partial charge on any atom is -0.469 e. The molecule has 0 N–H and O–H groups in total. The van der Waals surface area contributed by atoms with Crippen molar-refractivity contribution in [3.05, 3.63) is 71.3 Å². The van der Waals surface area contributed by atoms with E-state index in [1.54, 1.807) is 4.90 Å². The number of amides is 1. The number of ether oxygens (including phenoxy) is 1. The van der Waals surface area contributed by atoms with E-state index in [1.165, 1.54) is 7.11 Å². The highest BCUT2D eigenvalue weighted by atomic mass is 16.5. The summed E-state index contributed by atoms with van der Waals surface area (Å²) in [4.78, 5) is 25.9. The first-order chi connectivity index (χ1) is 11.6. The van der Waals surface area contributed by atoms with E-state index in [1.807, 2.05) is 61.5 Å². The number of benzene rings is 2. The van der Waals surface area contributed by atoms with E-state index in [-0.39, 0.29) is 18.3 Å². The van der Waals surface area contributed by atoms with Gasteiger partial charge in [0.2, 0.25) is 0 Å². The van der Waals surface area contributed by atoms with E-state index in [2.05, 4.69) is 4.74 Å². The first-order valence-corrected chi connectivity index (χ1v) is 8.07. The average Bonchev–Trinajstić information content (AvgIpc) is 2.62. The zero-order chi connectivity index (χ0) is 17.4. The highest BCUT2D eigenvalue weighted by Gasteiger charge is 2.17. The third kappa shape index (κ3) is 5.23. The first kappa shape index (κ1) is 17.7. The minimum absolute atomic E-state index is 0.0603. The minimum atomic E-state index is -0.309. The van der Waals surface area contributed by atoms with Gasteiger partial charge in [-0.25, -0.2) is 0 Å². The monoisotopic (exact) mass is 325 g/mol. The van der Waals surface area contributed by atoms with Crippen LogP contribution in [0.3, 0.4) is 0 Å². The lowest BCUT2D eigenvalue weighted by Gasteiger charge is -2.22. The molecule has 0 aliphatic rings. The van der Waals surface area contributed by atoms with Gasteiger partial charge in [-0.05, 0) is 31.0 Å². The van der Waals surface area contributed by atoms with Gasteiger partial charge in [0.25, 0.3) is 5.91 Å². The molecule has 0 spiro atoms. The number of nitrogens with zero attached hydrogens (tertiary/aromatic N) is 1. The van der Waals surface area contributed by atoms with Crippen molar-refractivity contribution >= 4 is 11.9 Å². The molecular weight excluding hydrogens is 302 g/mol. The average molecular weight is 325 g/mol. The van der Waals surface area contributed by atoms with Crippen molar-refractivity contribution in [2.24, 2.45) is 0 Å². The molecule has 0 heterocycles. The van der Waals surface area contributed by atoms with Crippen LogP contribution in [0.2, 0.25) is 0 Å². The predicted molar refractivity (Wildman–Crippen MR) is 93.9 cm³/mol. The van der Waals surface area contributed by atoms with Gasteiger partial charge in [0.05, 0.1) is 13.5 Å². The quantitative estimate of drug-likeness (QED) is 0.734. The van der Waals surface area contributed by atoms with Crippen LogP contribution in [0, 0.1) is 6.92 Å². The molecule has 4 nitrogen and oxygen atoms in total. The summed E-state index contributed by atoms with van der Waals surface area (Å²) in [6.07, 6.45) is 0.947. The van der Waals surface area contributed by atoms with Gasteiger partial charge in [-0.15, -0.1) is 0 Å². The van der Waals surface area contributed by atoms with Crippen LogP contribution >= 0.6 is 0 Å². The smallest absolute Gasteiger partial charge is 0.307 e. The van der Waals surface area contributed by atoms with Crippen molar-refractivity contribution in [1.82, 2.24) is 4.90 Å². The second kappa shape index (κ2) is 8.87. The molecule has 2 aromatic rings. The molecule has 2 rings (SSSR count). The van der Waals surface area contributed by atoms with Gasteiger partial charge in [-0.1, -0.05) is 48.0 Å². The molecule has 0 radical (unpaired) electrons. The van der Waals surface area contributed by atoms with Gasteiger partial charge in [0.1, 0.15) is 0 Å². The number of rotatable bonds is 7. The van der Waals surface area contributed by atoms with Gasteiger partial charge in [-0.3, -0.25) is 9.59 Å². The van der Waals surface area contributed by atoms with Crippen LogP contribution in [0.1, 0.15) is 27.9 Å². The van der Waals surface area contributed by atoms with Crippen molar-refractivity contribution in [2.75, 3.05) is 20.2 Å². The van der Waals surface area contributed by atoms with Gasteiger partial charge in [-0.2, -0.15) is 0 Å². The molecule has 0 aromatic heterocycles. The fourth-order valence-electron chi connectivity index (χ4n) is 2.43. The molecule has 0 atom stereocenters. The molecule has 126 valence electrons. The summed E-state index contributed by atoms with van der Waals surface area (Å²) in [6.45, 7) is 2.90. The third-order valence-electron chi connectivity index (χ3n) is 3.91. The predicted octanol–water partition coefficient (Wildman–Crippen LogP) is 3.24. The van der Waals surface area contributed by atoms with E-state index in [9.17, 15) is 9.59 Å². The number of carbonyl (C=O) groups is 2. The van der Waals surface area contributed by atoms with Crippen LogP contribution in [0.25, 0.3) is 0 Å². The lowest BCUT2D eigenvalue weighted by atomic mass is 10.1. The topological polar surface area (TPSA) is 46.6 Å². The molecule has 0 bridgehead atoms. The summed E-state index contributed by atoms with van der Waals surface area (Å²) in [7, 11) is 1.36. The molecule has 4 heteroatoms. The summed E-state index contributed by atoms with van der Waals surface area (Å²) in [5.74, 6) is -0.369. The Kier molecular flexibility index (Phi) is 6.55. The van der Waals surface area contributed by atoms with Crippen LogP contribution in [0.4, 0.5) is 0 Å². The van der Waals surface area contributed by atoms with E-state index in [4.69, 9.17) is 0 Å². The van der Waals surface area contributed by atoms with Gasteiger partial charge in [0.15, 0.2) is 0 Å². The highest BCUT2D eigenvalue weighted by Crippen LogP contribution is 2.10. The lowest BCUT2D eigenvalue weighted by Crippen LogP contribution is -2.35. The summed E-state index contributed by atoms with van der Waals surface area (Å²) in [6, 6.07) is 17.5. The summed E-state index contributed by atoms with van der Waals surface area (Å²) in [5.41, 5.74) is 2.91. The number of aryl methyl sites for hydroxylation is 1. The molecule has 0 fully saturated rings. The molecule has 0 aliphatic heterocycles. The Hall–Kier alpha value is -2.62. The summed E-state index contributed by atoms with van der Waals surface area (Å²) in [5, 5.41) is 0. The van der Waals surface area contributed by atoms with E-state index < -0.39 is 0 Å². The van der Waals surface area contributed by atoms with E-state index >= 15 is 0 Å². The third-order valence-corrected chi connectivity index (χ3v) is 3.91. The summed E-state index contributed by atoms with van der Waals surface area (Å²) >= 11 is 0. The molecule has 24 heavy (non-hydrogen) atoms. The second-order valence-corrected chi connectivity index (χ2v) is 5.72. The van der Waals surface area contributed by atoms with Crippen molar-refractivity contribution < 1.29 is 14.3 Å². The molecule has 2 aromatic carbocycles. The van der Waals surface area contributed by atoms with Crippen molar-refractivity contribution in [3.63, 3.8) is 0 Å². The van der Waals surface area contributed by atoms with E-state index in [0.29, 0.717) is 18.7 Å². The fraction of sp³-hybridized carbons (Fsp3) is 0.300. The molecule has 0 aliphatic carbocycles. The Morgan fingerprint density at radius 1 is 0.958 bits per heavy atom.